The minimum Gasteiger partial charge on any atom is -0.398 e. The maximum Gasteiger partial charge on any atom is 0.0385 e. The first kappa shape index (κ1) is 18.8. The lowest BCUT2D eigenvalue weighted by atomic mass is 9.71. The molecule has 1 heteroatoms. The topological polar surface area (TPSA) is 26.0 Å². The van der Waals surface area contributed by atoms with E-state index in [1.54, 1.807) is 0 Å². The summed E-state index contributed by atoms with van der Waals surface area (Å²) < 4.78 is 0. The van der Waals surface area contributed by atoms with Gasteiger partial charge in [-0.25, -0.2) is 0 Å². The molecule has 1 nitrogen and oxygen atoms in total. The molecule has 0 aliphatic heterocycles. The molecule has 1 aromatic carbocycles. The van der Waals surface area contributed by atoms with Crippen LogP contribution in [-0.2, 0) is 0 Å². The van der Waals surface area contributed by atoms with E-state index >= 15 is 0 Å². The standard InChI is InChI=1S/C23H35N/c1-8-10-19(9-2)18(7)20-11-14(3)12-21(20)22-17(6)15(4)13-16(5)23(22)24/h8,12-13,18-21H,1,9-11,24H2,2-7H3. The minimum atomic E-state index is 0.456. The number of hydrogen-bond acceptors (Lipinski definition) is 1. The van der Waals surface area contributed by atoms with Crippen LogP contribution in [0.3, 0.4) is 0 Å². The second kappa shape index (κ2) is 7.59. The number of allylic oxidation sites excluding steroid dienone is 3. The summed E-state index contributed by atoms with van der Waals surface area (Å²) in [5.41, 5.74) is 14.4. The van der Waals surface area contributed by atoms with Crippen LogP contribution in [0, 0.1) is 38.5 Å². The molecule has 2 rings (SSSR count). The number of nitrogen functional groups attached to an aromatic ring is 1. The fourth-order valence-corrected chi connectivity index (χ4v) is 4.69. The molecule has 4 unspecified atom stereocenters. The van der Waals surface area contributed by atoms with E-state index in [4.69, 9.17) is 5.73 Å². The van der Waals surface area contributed by atoms with Crippen molar-refractivity contribution in [2.24, 2.45) is 17.8 Å². The summed E-state index contributed by atoms with van der Waals surface area (Å²) in [6.45, 7) is 17.6. The number of aryl methyl sites for hydroxylation is 2. The van der Waals surface area contributed by atoms with Gasteiger partial charge in [0, 0.05) is 11.6 Å². The monoisotopic (exact) mass is 325 g/mol. The van der Waals surface area contributed by atoms with E-state index in [-0.39, 0.29) is 0 Å². The number of hydrogen-bond donors (Lipinski definition) is 1. The lowest BCUT2D eigenvalue weighted by Crippen LogP contribution is -2.24. The van der Waals surface area contributed by atoms with Crippen LogP contribution in [0.25, 0.3) is 0 Å². The fraction of sp³-hybridized carbons (Fsp3) is 0.565. The predicted molar refractivity (Wildman–Crippen MR) is 107 cm³/mol. The summed E-state index contributed by atoms with van der Waals surface area (Å²) in [5, 5.41) is 0. The van der Waals surface area contributed by atoms with E-state index in [1.165, 1.54) is 40.7 Å². The summed E-state index contributed by atoms with van der Waals surface area (Å²) in [6, 6.07) is 2.23. The Labute approximate surface area is 149 Å². The van der Waals surface area contributed by atoms with Gasteiger partial charge in [0.2, 0.25) is 0 Å². The highest BCUT2D eigenvalue weighted by Crippen LogP contribution is 2.48. The average Bonchev–Trinajstić information content (AvgIpc) is 2.92. The van der Waals surface area contributed by atoms with E-state index < -0.39 is 0 Å². The zero-order valence-corrected chi connectivity index (χ0v) is 16.4. The van der Waals surface area contributed by atoms with Gasteiger partial charge in [-0.2, -0.15) is 0 Å². The Hall–Kier alpha value is -1.50. The first-order chi connectivity index (χ1) is 11.3. The van der Waals surface area contributed by atoms with Gasteiger partial charge in [-0.1, -0.05) is 44.1 Å². The van der Waals surface area contributed by atoms with Crippen LogP contribution >= 0.6 is 0 Å². The Morgan fingerprint density at radius 2 is 1.92 bits per heavy atom. The van der Waals surface area contributed by atoms with Crippen LogP contribution in [0.4, 0.5) is 5.69 Å². The van der Waals surface area contributed by atoms with Crippen molar-refractivity contribution < 1.29 is 0 Å². The van der Waals surface area contributed by atoms with E-state index in [0.717, 1.165) is 12.1 Å². The van der Waals surface area contributed by atoms with E-state index in [2.05, 4.69) is 66.3 Å². The molecule has 0 fully saturated rings. The van der Waals surface area contributed by atoms with E-state index in [9.17, 15) is 0 Å². The normalized spacial score (nSPS) is 23.0. The van der Waals surface area contributed by atoms with Gasteiger partial charge in [0.25, 0.3) is 0 Å². The molecule has 1 aliphatic rings. The number of benzene rings is 1. The Morgan fingerprint density at radius 3 is 2.50 bits per heavy atom. The molecule has 0 bridgehead atoms. The highest BCUT2D eigenvalue weighted by atomic mass is 14.6. The summed E-state index contributed by atoms with van der Waals surface area (Å²) in [5.74, 6) is 2.49. The van der Waals surface area contributed by atoms with Gasteiger partial charge >= 0.3 is 0 Å². The maximum atomic E-state index is 6.56. The predicted octanol–water partition coefficient (Wildman–Crippen LogP) is 6.48. The van der Waals surface area contributed by atoms with Gasteiger partial charge in [0.05, 0.1) is 0 Å². The lowest BCUT2D eigenvalue weighted by Gasteiger charge is -2.33. The van der Waals surface area contributed by atoms with Crippen molar-refractivity contribution in [1.29, 1.82) is 0 Å². The zero-order chi connectivity index (χ0) is 18.0. The molecule has 0 amide bonds. The van der Waals surface area contributed by atoms with Crippen molar-refractivity contribution in [2.75, 3.05) is 5.73 Å². The van der Waals surface area contributed by atoms with Crippen molar-refractivity contribution in [3.63, 3.8) is 0 Å². The minimum absolute atomic E-state index is 0.456. The molecule has 0 radical (unpaired) electrons. The smallest absolute Gasteiger partial charge is 0.0385 e. The van der Waals surface area contributed by atoms with E-state index in [1.807, 2.05) is 0 Å². The first-order valence-corrected chi connectivity index (χ1v) is 9.46. The zero-order valence-electron chi connectivity index (χ0n) is 16.4. The third kappa shape index (κ3) is 3.45. The molecular formula is C23H35N. The van der Waals surface area contributed by atoms with Crippen LogP contribution < -0.4 is 5.73 Å². The van der Waals surface area contributed by atoms with Crippen LogP contribution in [0.15, 0.2) is 30.4 Å². The molecule has 2 N–H and O–H groups in total. The largest absolute Gasteiger partial charge is 0.398 e. The molecule has 1 aromatic rings. The molecule has 0 heterocycles. The van der Waals surface area contributed by atoms with Gasteiger partial charge in [-0.3, -0.25) is 0 Å². The molecule has 0 saturated carbocycles. The molecule has 0 aromatic heterocycles. The van der Waals surface area contributed by atoms with Gasteiger partial charge in [-0.15, -0.1) is 6.58 Å². The third-order valence-corrected chi connectivity index (χ3v) is 6.37. The second-order valence-electron chi connectivity index (χ2n) is 7.92. The Morgan fingerprint density at radius 1 is 1.25 bits per heavy atom. The van der Waals surface area contributed by atoms with Crippen molar-refractivity contribution in [1.82, 2.24) is 0 Å². The number of anilines is 1. The first-order valence-electron chi connectivity index (χ1n) is 9.46. The van der Waals surface area contributed by atoms with Crippen LogP contribution in [0.1, 0.15) is 68.2 Å². The van der Waals surface area contributed by atoms with Gasteiger partial charge in [0.15, 0.2) is 0 Å². The SMILES string of the molecule is C=CCC(CC)C(C)C1CC(C)=CC1c1c(C)c(C)cc(C)c1N. The summed E-state index contributed by atoms with van der Waals surface area (Å²) in [6.07, 6.45) is 8.11. The Balaban J connectivity index is 2.46. The molecule has 0 spiro atoms. The molecule has 132 valence electrons. The van der Waals surface area contributed by atoms with Crippen molar-refractivity contribution in [2.45, 2.75) is 66.7 Å². The quantitative estimate of drug-likeness (QED) is 0.470. The lowest BCUT2D eigenvalue weighted by molar-refractivity contribution is 0.232. The maximum absolute atomic E-state index is 6.56. The van der Waals surface area contributed by atoms with Gasteiger partial charge in [0.1, 0.15) is 0 Å². The van der Waals surface area contributed by atoms with E-state index in [0.29, 0.717) is 23.7 Å². The molecular weight excluding hydrogens is 290 g/mol. The highest BCUT2D eigenvalue weighted by Gasteiger charge is 2.36. The number of nitrogens with two attached hydrogens (primary N) is 1. The molecule has 24 heavy (non-hydrogen) atoms. The Kier molecular flexibility index (Phi) is 5.96. The second-order valence-corrected chi connectivity index (χ2v) is 7.92. The van der Waals surface area contributed by atoms with Crippen molar-refractivity contribution >= 4 is 5.69 Å². The van der Waals surface area contributed by atoms with Crippen LogP contribution in [0.2, 0.25) is 0 Å². The van der Waals surface area contributed by atoms with Gasteiger partial charge < -0.3 is 5.73 Å². The molecule has 0 saturated heterocycles. The Bertz CT molecular complexity index is 612. The van der Waals surface area contributed by atoms with Crippen LogP contribution in [-0.4, -0.2) is 0 Å². The van der Waals surface area contributed by atoms with Crippen LogP contribution in [0.5, 0.6) is 0 Å². The average molecular weight is 326 g/mol. The fourth-order valence-electron chi connectivity index (χ4n) is 4.69. The summed E-state index contributed by atoms with van der Waals surface area (Å²) in [7, 11) is 0. The van der Waals surface area contributed by atoms with Crippen molar-refractivity contribution in [3.05, 3.63) is 52.6 Å². The van der Waals surface area contributed by atoms with Crippen molar-refractivity contribution in [3.8, 4) is 0 Å². The third-order valence-electron chi connectivity index (χ3n) is 6.37. The number of rotatable bonds is 6. The molecule has 1 aliphatic carbocycles. The highest BCUT2D eigenvalue weighted by molar-refractivity contribution is 5.62. The summed E-state index contributed by atoms with van der Waals surface area (Å²) in [4.78, 5) is 0. The van der Waals surface area contributed by atoms with Gasteiger partial charge in [-0.05, 0) is 80.5 Å². The molecule has 4 atom stereocenters. The summed E-state index contributed by atoms with van der Waals surface area (Å²) >= 11 is 0.